The van der Waals surface area contributed by atoms with Crippen molar-refractivity contribution in [2.45, 2.75) is 45.2 Å². The molecule has 2 rings (SSSR count). The van der Waals surface area contributed by atoms with E-state index in [2.05, 4.69) is 18.3 Å². The van der Waals surface area contributed by atoms with Gasteiger partial charge in [0.2, 0.25) is 0 Å². The zero-order chi connectivity index (χ0) is 13.0. The Balaban J connectivity index is 1.97. The highest BCUT2D eigenvalue weighted by Gasteiger charge is 2.27. The van der Waals surface area contributed by atoms with Crippen molar-refractivity contribution in [3.05, 3.63) is 35.8 Å². The van der Waals surface area contributed by atoms with Crippen molar-refractivity contribution < 1.29 is 9.52 Å². The van der Waals surface area contributed by atoms with E-state index in [0.717, 1.165) is 12.0 Å². The number of rotatable bonds is 4. The Kier molecular flexibility index (Phi) is 4.61. The molecule has 3 heteroatoms. The number of furan rings is 1. The maximum absolute atomic E-state index is 9.03. The smallest absolute Gasteiger partial charge is 0.0950 e. The van der Waals surface area contributed by atoms with E-state index in [4.69, 9.17) is 9.52 Å². The fraction of sp³-hybridized carbons (Fsp3) is 0.600. The average molecular weight is 249 g/mol. The third-order valence-corrected chi connectivity index (χ3v) is 3.93. The average Bonchev–Trinajstić information content (AvgIpc) is 2.91. The molecule has 0 radical (unpaired) electrons. The summed E-state index contributed by atoms with van der Waals surface area (Å²) in [5.41, 5.74) is 2.30. The van der Waals surface area contributed by atoms with E-state index in [9.17, 15) is 0 Å². The highest BCUT2D eigenvalue weighted by atomic mass is 16.3. The van der Waals surface area contributed by atoms with Crippen LogP contribution in [0.4, 0.5) is 0 Å². The van der Waals surface area contributed by atoms with Crippen molar-refractivity contribution in [2.24, 2.45) is 5.92 Å². The highest BCUT2D eigenvalue weighted by molar-refractivity contribution is 5.13. The first-order valence-corrected chi connectivity index (χ1v) is 6.75. The van der Waals surface area contributed by atoms with Gasteiger partial charge in [-0.05, 0) is 38.2 Å². The second kappa shape index (κ2) is 6.21. The highest BCUT2D eigenvalue weighted by Crippen LogP contribution is 2.30. The molecule has 1 aromatic rings. The zero-order valence-electron chi connectivity index (χ0n) is 11.2. The van der Waals surface area contributed by atoms with Gasteiger partial charge >= 0.3 is 0 Å². The monoisotopic (exact) mass is 249 g/mol. The molecule has 0 aliphatic carbocycles. The maximum atomic E-state index is 9.03. The molecular weight excluding hydrogens is 226 g/mol. The minimum atomic E-state index is 0.159. The number of nitrogens with one attached hydrogen (secondary N) is 1. The van der Waals surface area contributed by atoms with Gasteiger partial charge in [-0.1, -0.05) is 18.6 Å². The minimum Gasteiger partial charge on any atom is -0.472 e. The normalized spacial score (nSPS) is 29.5. The van der Waals surface area contributed by atoms with Gasteiger partial charge in [-0.3, -0.25) is 0 Å². The number of hydrogen-bond acceptors (Lipinski definition) is 3. The lowest BCUT2D eigenvalue weighted by molar-refractivity contribution is 0.246. The van der Waals surface area contributed by atoms with E-state index in [0.29, 0.717) is 18.0 Å². The van der Waals surface area contributed by atoms with E-state index >= 15 is 0 Å². The van der Waals surface area contributed by atoms with Crippen LogP contribution in [0.5, 0.6) is 0 Å². The summed E-state index contributed by atoms with van der Waals surface area (Å²) in [5.74, 6) is 0.677. The maximum Gasteiger partial charge on any atom is 0.0950 e. The summed E-state index contributed by atoms with van der Waals surface area (Å²) in [5, 5.41) is 12.7. The SMILES string of the molecule is CC(=CC[C@@H]1N[C@H](c2ccoc2)CC[C@H]1C)CO. The van der Waals surface area contributed by atoms with E-state index in [1.807, 2.05) is 19.3 Å². The summed E-state index contributed by atoms with van der Waals surface area (Å²) >= 11 is 0. The van der Waals surface area contributed by atoms with Crippen molar-refractivity contribution in [2.75, 3.05) is 6.61 Å². The van der Waals surface area contributed by atoms with Crippen molar-refractivity contribution in [3.63, 3.8) is 0 Å². The van der Waals surface area contributed by atoms with Crippen LogP contribution in [-0.4, -0.2) is 17.8 Å². The Morgan fingerprint density at radius 3 is 3.06 bits per heavy atom. The summed E-state index contributed by atoms with van der Waals surface area (Å²) in [7, 11) is 0. The van der Waals surface area contributed by atoms with Crippen LogP contribution in [0.2, 0.25) is 0 Å². The van der Waals surface area contributed by atoms with Crippen LogP contribution in [-0.2, 0) is 0 Å². The van der Waals surface area contributed by atoms with Gasteiger partial charge in [-0.2, -0.15) is 0 Å². The van der Waals surface area contributed by atoms with Gasteiger partial charge in [-0.25, -0.2) is 0 Å². The van der Waals surface area contributed by atoms with Gasteiger partial charge in [0, 0.05) is 17.6 Å². The molecule has 1 fully saturated rings. The van der Waals surface area contributed by atoms with Gasteiger partial charge < -0.3 is 14.8 Å². The summed E-state index contributed by atoms with van der Waals surface area (Å²) in [4.78, 5) is 0. The van der Waals surface area contributed by atoms with Crippen molar-refractivity contribution in [3.8, 4) is 0 Å². The molecule has 0 bridgehead atoms. The lowest BCUT2D eigenvalue weighted by Crippen LogP contribution is -2.41. The number of piperidine rings is 1. The first kappa shape index (κ1) is 13.4. The minimum absolute atomic E-state index is 0.159. The van der Waals surface area contributed by atoms with Gasteiger partial charge in [0.1, 0.15) is 0 Å². The number of aliphatic hydroxyl groups excluding tert-OH is 1. The third kappa shape index (κ3) is 3.24. The molecule has 0 saturated carbocycles. The van der Waals surface area contributed by atoms with E-state index in [1.165, 1.54) is 18.4 Å². The lowest BCUT2D eigenvalue weighted by Gasteiger charge is -2.35. The predicted octanol–water partition coefficient (Wildman–Crippen LogP) is 3.04. The summed E-state index contributed by atoms with van der Waals surface area (Å²) in [6.45, 7) is 4.43. The molecule has 1 saturated heterocycles. The second-order valence-electron chi connectivity index (χ2n) is 5.38. The Hall–Kier alpha value is -1.06. The van der Waals surface area contributed by atoms with Crippen LogP contribution < -0.4 is 5.32 Å². The summed E-state index contributed by atoms with van der Waals surface area (Å²) in [6.07, 6.45) is 9.10. The van der Waals surface area contributed by atoms with Crippen LogP contribution in [0.25, 0.3) is 0 Å². The van der Waals surface area contributed by atoms with Gasteiger partial charge in [0.15, 0.2) is 0 Å². The van der Waals surface area contributed by atoms with Crippen LogP contribution in [0, 0.1) is 5.92 Å². The van der Waals surface area contributed by atoms with Crippen LogP contribution in [0.1, 0.15) is 44.7 Å². The quantitative estimate of drug-likeness (QED) is 0.806. The largest absolute Gasteiger partial charge is 0.472 e. The second-order valence-corrected chi connectivity index (χ2v) is 5.38. The topological polar surface area (TPSA) is 45.4 Å². The van der Waals surface area contributed by atoms with E-state index in [1.54, 1.807) is 6.26 Å². The first-order valence-electron chi connectivity index (χ1n) is 6.75. The fourth-order valence-corrected chi connectivity index (χ4v) is 2.57. The standard InChI is InChI=1S/C15H23NO2/c1-11(9-17)3-5-14-12(2)4-6-15(16-14)13-7-8-18-10-13/h3,7-8,10,12,14-17H,4-6,9H2,1-2H3/t12-,14+,15+/m1/s1. The third-order valence-electron chi connectivity index (χ3n) is 3.93. The van der Waals surface area contributed by atoms with Crippen LogP contribution >= 0.6 is 0 Å². The van der Waals surface area contributed by atoms with Crippen molar-refractivity contribution in [1.29, 1.82) is 0 Å². The molecule has 0 spiro atoms. The Bertz CT molecular complexity index is 383. The van der Waals surface area contributed by atoms with Gasteiger partial charge in [0.05, 0.1) is 19.1 Å². The molecule has 0 unspecified atom stereocenters. The Morgan fingerprint density at radius 1 is 1.56 bits per heavy atom. The molecule has 100 valence electrons. The van der Waals surface area contributed by atoms with E-state index in [-0.39, 0.29) is 6.61 Å². The lowest BCUT2D eigenvalue weighted by atomic mass is 9.85. The molecule has 1 aliphatic rings. The molecule has 0 aromatic carbocycles. The predicted molar refractivity (Wildman–Crippen MR) is 72.2 cm³/mol. The molecule has 1 aliphatic heterocycles. The number of aliphatic hydroxyl groups is 1. The Morgan fingerprint density at radius 2 is 2.39 bits per heavy atom. The number of hydrogen-bond donors (Lipinski definition) is 2. The van der Waals surface area contributed by atoms with Gasteiger partial charge in [0.25, 0.3) is 0 Å². The van der Waals surface area contributed by atoms with Crippen LogP contribution in [0.3, 0.4) is 0 Å². The molecule has 3 nitrogen and oxygen atoms in total. The molecule has 1 aromatic heterocycles. The van der Waals surface area contributed by atoms with Crippen molar-refractivity contribution >= 4 is 0 Å². The molecular formula is C15H23NO2. The van der Waals surface area contributed by atoms with Crippen molar-refractivity contribution in [1.82, 2.24) is 5.32 Å². The Labute approximate surface area is 109 Å². The van der Waals surface area contributed by atoms with Crippen LogP contribution in [0.15, 0.2) is 34.7 Å². The van der Waals surface area contributed by atoms with Gasteiger partial charge in [-0.15, -0.1) is 0 Å². The molecule has 0 amide bonds. The zero-order valence-corrected chi connectivity index (χ0v) is 11.2. The molecule has 3 atom stereocenters. The first-order chi connectivity index (χ1) is 8.70. The molecule has 2 N–H and O–H groups in total. The fourth-order valence-electron chi connectivity index (χ4n) is 2.57. The molecule has 18 heavy (non-hydrogen) atoms. The summed E-state index contributed by atoms with van der Waals surface area (Å²) in [6, 6.07) is 2.94. The molecule has 2 heterocycles. The van der Waals surface area contributed by atoms with E-state index < -0.39 is 0 Å². The summed E-state index contributed by atoms with van der Waals surface area (Å²) < 4.78 is 5.16.